The smallest absolute Gasteiger partial charge is 0.0995 e. The first-order valence-electron chi connectivity index (χ1n) is 6.27. The quantitative estimate of drug-likeness (QED) is 0.804. The highest BCUT2D eigenvalue weighted by molar-refractivity contribution is 5.37. The van der Waals surface area contributed by atoms with Crippen LogP contribution in [0, 0.1) is 16.7 Å². The molecule has 0 aromatic heterocycles. The molecule has 0 saturated carbocycles. The van der Waals surface area contributed by atoms with E-state index in [1.54, 1.807) is 7.11 Å². The molecule has 0 fully saturated rings. The second-order valence-electron chi connectivity index (χ2n) is 5.28. The van der Waals surface area contributed by atoms with Crippen LogP contribution in [0.4, 0.5) is 0 Å². The Morgan fingerprint density at radius 1 is 1.33 bits per heavy atom. The Kier molecular flexibility index (Phi) is 5.84. The standard InChI is InChI=1S/C15H22N2O/c1-15(2,8-9-18-3)12-17-11-14-7-5-4-6-13(14)10-16/h4-7,17H,8-9,11-12H2,1-3H3. The maximum atomic E-state index is 9.00. The fourth-order valence-electron chi connectivity index (χ4n) is 1.79. The first-order valence-corrected chi connectivity index (χ1v) is 6.27. The third kappa shape index (κ3) is 4.87. The first kappa shape index (κ1) is 14.7. The normalized spacial score (nSPS) is 11.2. The summed E-state index contributed by atoms with van der Waals surface area (Å²) in [6.45, 7) is 6.87. The molecule has 18 heavy (non-hydrogen) atoms. The number of nitrogens with zero attached hydrogens (tertiary/aromatic N) is 1. The van der Waals surface area contributed by atoms with Crippen LogP contribution in [0.5, 0.6) is 0 Å². The van der Waals surface area contributed by atoms with Crippen LogP contribution in [0.3, 0.4) is 0 Å². The second-order valence-corrected chi connectivity index (χ2v) is 5.28. The minimum absolute atomic E-state index is 0.206. The molecule has 0 atom stereocenters. The van der Waals surface area contributed by atoms with Crippen molar-refractivity contribution in [2.45, 2.75) is 26.8 Å². The molecule has 0 aliphatic carbocycles. The van der Waals surface area contributed by atoms with Crippen molar-refractivity contribution in [2.75, 3.05) is 20.3 Å². The summed E-state index contributed by atoms with van der Waals surface area (Å²) in [5, 5.41) is 12.4. The van der Waals surface area contributed by atoms with E-state index in [2.05, 4.69) is 25.2 Å². The molecule has 0 aliphatic rings. The van der Waals surface area contributed by atoms with Crippen LogP contribution in [0.1, 0.15) is 31.4 Å². The van der Waals surface area contributed by atoms with Crippen LogP contribution >= 0.6 is 0 Å². The molecule has 0 radical (unpaired) electrons. The van der Waals surface area contributed by atoms with Crippen LogP contribution in [0.15, 0.2) is 24.3 Å². The molecule has 1 aromatic rings. The fraction of sp³-hybridized carbons (Fsp3) is 0.533. The molecule has 0 amide bonds. The van der Waals surface area contributed by atoms with Gasteiger partial charge < -0.3 is 10.1 Å². The summed E-state index contributed by atoms with van der Waals surface area (Å²) < 4.78 is 5.11. The molecule has 3 nitrogen and oxygen atoms in total. The van der Waals surface area contributed by atoms with Gasteiger partial charge >= 0.3 is 0 Å². The zero-order chi connectivity index (χ0) is 13.4. The van der Waals surface area contributed by atoms with E-state index < -0.39 is 0 Å². The number of rotatable bonds is 7. The lowest BCUT2D eigenvalue weighted by Gasteiger charge is -2.24. The number of nitriles is 1. The molecule has 3 heteroatoms. The maximum absolute atomic E-state index is 9.00. The van der Waals surface area contributed by atoms with Crippen molar-refractivity contribution >= 4 is 0 Å². The average molecular weight is 246 g/mol. The lowest BCUT2D eigenvalue weighted by molar-refractivity contribution is 0.150. The van der Waals surface area contributed by atoms with Gasteiger partial charge in [0.2, 0.25) is 0 Å². The van der Waals surface area contributed by atoms with E-state index in [1.165, 1.54) is 0 Å². The Hall–Kier alpha value is -1.37. The molecule has 0 bridgehead atoms. The Labute approximate surface area is 110 Å². The highest BCUT2D eigenvalue weighted by Crippen LogP contribution is 2.19. The molecule has 1 aromatic carbocycles. The zero-order valence-corrected chi connectivity index (χ0v) is 11.5. The average Bonchev–Trinajstić information content (AvgIpc) is 2.37. The van der Waals surface area contributed by atoms with Crippen molar-refractivity contribution < 1.29 is 4.74 Å². The van der Waals surface area contributed by atoms with Crippen molar-refractivity contribution in [3.05, 3.63) is 35.4 Å². The van der Waals surface area contributed by atoms with E-state index in [0.717, 1.165) is 37.2 Å². The summed E-state index contributed by atoms with van der Waals surface area (Å²) in [5.74, 6) is 0. The third-order valence-electron chi connectivity index (χ3n) is 3.04. The van der Waals surface area contributed by atoms with Crippen LogP contribution in [0.2, 0.25) is 0 Å². The number of hydrogen-bond donors (Lipinski definition) is 1. The van der Waals surface area contributed by atoms with Crippen molar-refractivity contribution in [1.82, 2.24) is 5.32 Å². The van der Waals surface area contributed by atoms with Gasteiger partial charge in [0.15, 0.2) is 0 Å². The molecule has 0 aliphatic heterocycles. The van der Waals surface area contributed by atoms with Gasteiger partial charge in [-0.2, -0.15) is 5.26 Å². The Balaban J connectivity index is 2.44. The van der Waals surface area contributed by atoms with E-state index in [1.807, 2.05) is 24.3 Å². The number of benzene rings is 1. The van der Waals surface area contributed by atoms with Gasteiger partial charge in [-0.05, 0) is 23.5 Å². The summed E-state index contributed by atoms with van der Waals surface area (Å²) in [5.41, 5.74) is 2.01. The summed E-state index contributed by atoms with van der Waals surface area (Å²) in [6.07, 6.45) is 1.02. The van der Waals surface area contributed by atoms with Gasteiger partial charge in [-0.25, -0.2) is 0 Å². The third-order valence-corrected chi connectivity index (χ3v) is 3.04. The van der Waals surface area contributed by atoms with Gasteiger partial charge in [0.25, 0.3) is 0 Å². The van der Waals surface area contributed by atoms with Crippen LogP contribution in [-0.4, -0.2) is 20.3 Å². The zero-order valence-electron chi connectivity index (χ0n) is 11.5. The predicted molar refractivity (Wildman–Crippen MR) is 73.1 cm³/mol. The van der Waals surface area contributed by atoms with E-state index in [9.17, 15) is 0 Å². The first-order chi connectivity index (χ1) is 8.59. The highest BCUT2D eigenvalue weighted by Gasteiger charge is 2.16. The molecular formula is C15H22N2O. The van der Waals surface area contributed by atoms with Gasteiger partial charge in [-0.15, -0.1) is 0 Å². The van der Waals surface area contributed by atoms with Crippen LogP contribution in [-0.2, 0) is 11.3 Å². The molecule has 0 saturated heterocycles. The molecule has 0 spiro atoms. The number of nitrogens with one attached hydrogen (secondary N) is 1. The summed E-state index contributed by atoms with van der Waals surface area (Å²) in [7, 11) is 1.73. The molecule has 1 rings (SSSR count). The SMILES string of the molecule is COCCC(C)(C)CNCc1ccccc1C#N. The number of methoxy groups -OCH3 is 1. The van der Waals surface area contributed by atoms with Gasteiger partial charge in [-0.1, -0.05) is 32.0 Å². The fourth-order valence-corrected chi connectivity index (χ4v) is 1.79. The molecule has 1 N–H and O–H groups in total. The molecular weight excluding hydrogens is 224 g/mol. The number of ether oxygens (including phenoxy) is 1. The van der Waals surface area contributed by atoms with Crippen LogP contribution < -0.4 is 5.32 Å². The summed E-state index contributed by atoms with van der Waals surface area (Å²) in [4.78, 5) is 0. The van der Waals surface area contributed by atoms with E-state index in [4.69, 9.17) is 10.00 Å². The van der Waals surface area contributed by atoms with Crippen molar-refractivity contribution in [3.63, 3.8) is 0 Å². The Bertz CT molecular complexity index is 407. The minimum Gasteiger partial charge on any atom is -0.385 e. The van der Waals surface area contributed by atoms with E-state index in [0.29, 0.717) is 0 Å². The summed E-state index contributed by atoms with van der Waals surface area (Å²) >= 11 is 0. The maximum Gasteiger partial charge on any atom is 0.0995 e. The lowest BCUT2D eigenvalue weighted by atomic mass is 9.89. The molecule has 98 valence electrons. The van der Waals surface area contributed by atoms with Gasteiger partial charge in [0, 0.05) is 26.8 Å². The Morgan fingerprint density at radius 2 is 2.06 bits per heavy atom. The number of hydrogen-bond acceptors (Lipinski definition) is 3. The molecule has 0 heterocycles. The van der Waals surface area contributed by atoms with Crippen molar-refractivity contribution in [1.29, 1.82) is 5.26 Å². The lowest BCUT2D eigenvalue weighted by Crippen LogP contribution is -2.30. The predicted octanol–water partition coefficient (Wildman–Crippen LogP) is 2.71. The van der Waals surface area contributed by atoms with Gasteiger partial charge in [0.05, 0.1) is 11.6 Å². The Morgan fingerprint density at radius 3 is 2.72 bits per heavy atom. The topological polar surface area (TPSA) is 45.0 Å². The van der Waals surface area contributed by atoms with E-state index >= 15 is 0 Å². The molecule has 0 unspecified atom stereocenters. The van der Waals surface area contributed by atoms with Crippen molar-refractivity contribution in [3.8, 4) is 6.07 Å². The van der Waals surface area contributed by atoms with Crippen molar-refractivity contribution in [2.24, 2.45) is 5.41 Å². The van der Waals surface area contributed by atoms with E-state index in [-0.39, 0.29) is 5.41 Å². The largest absolute Gasteiger partial charge is 0.385 e. The van der Waals surface area contributed by atoms with Gasteiger partial charge in [0.1, 0.15) is 0 Å². The highest BCUT2D eigenvalue weighted by atomic mass is 16.5. The summed E-state index contributed by atoms with van der Waals surface area (Å²) in [6, 6.07) is 9.93. The second kappa shape index (κ2) is 7.15. The van der Waals surface area contributed by atoms with Gasteiger partial charge in [-0.3, -0.25) is 0 Å². The minimum atomic E-state index is 0.206. The monoisotopic (exact) mass is 246 g/mol. The van der Waals surface area contributed by atoms with Crippen LogP contribution in [0.25, 0.3) is 0 Å².